The second-order valence-electron chi connectivity index (χ2n) is 6.06. The van der Waals surface area contributed by atoms with E-state index >= 15 is 0 Å². The normalized spacial score (nSPS) is 10.9. The van der Waals surface area contributed by atoms with E-state index in [1.807, 2.05) is 45.9 Å². The maximum absolute atomic E-state index is 11.4. The molecular weight excluding hydrogens is 278 g/mol. The van der Waals surface area contributed by atoms with Gasteiger partial charge in [-0.2, -0.15) is 5.10 Å². The minimum absolute atomic E-state index is 0.414. The third-order valence-electron chi connectivity index (χ3n) is 2.90. The van der Waals surface area contributed by atoms with Crippen molar-refractivity contribution in [3.05, 3.63) is 29.5 Å². The Hall–Kier alpha value is -2.48. The number of hydrogen-bond donors (Lipinski definition) is 2. The van der Waals surface area contributed by atoms with Crippen LogP contribution < -0.4 is 5.32 Å². The van der Waals surface area contributed by atoms with E-state index in [9.17, 15) is 4.79 Å². The lowest BCUT2D eigenvalue weighted by Crippen LogP contribution is -2.32. The van der Waals surface area contributed by atoms with E-state index in [-0.39, 0.29) is 0 Å². The number of fused-ring (bicyclic) bond motifs is 1. The number of hydrogen-bond acceptors (Lipinski definition) is 3. The molecule has 2 N–H and O–H groups in total. The van der Waals surface area contributed by atoms with Crippen LogP contribution >= 0.6 is 0 Å². The van der Waals surface area contributed by atoms with Gasteiger partial charge in [0.25, 0.3) is 0 Å². The SMILES string of the molecule is Cc1[nH]nc2cc(C#CCCNC(=O)OC(C)(C)C)ccc12. The van der Waals surface area contributed by atoms with Crippen molar-refractivity contribution >= 4 is 17.0 Å². The zero-order valence-corrected chi connectivity index (χ0v) is 13.4. The molecule has 1 heterocycles. The zero-order valence-electron chi connectivity index (χ0n) is 13.4. The Morgan fingerprint density at radius 3 is 2.91 bits per heavy atom. The first kappa shape index (κ1) is 15.9. The van der Waals surface area contributed by atoms with Gasteiger partial charge in [-0.25, -0.2) is 4.79 Å². The number of ether oxygens (including phenoxy) is 1. The molecule has 0 atom stereocenters. The molecular formula is C17H21N3O2. The Kier molecular flexibility index (Phi) is 4.71. The van der Waals surface area contributed by atoms with E-state index in [1.54, 1.807) is 0 Å². The zero-order chi connectivity index (χ0) is 16.2. The van der Waals surface area contributed by atoms with Crippen molar-refractivity contribution < 1.29 is 9.53 Å². The Morgan fingerprint density at radius 2 is 2.18 bits per heavy atom. The molecule has 0 radical (unpaired) electrons. The molecule has 1 aromatic carbocycles. The van der Waals surface area contributed by atoms with Gasteiger partial charge in [0.2, 0.25) is 0 Å². The second-order valence-corrected chi connectivity index (χ2v) is 6.06. The average Bonchev–Trinajstić information content (AvgIpc) is 2.77. The summed E-state index contributed by atoms with van der Waals surface area (Å²) in [5.74, 6) is 6.11. The van der Waals surface area contributed by atoms with E-state index in [0.29, 0.717) is 13.0 Å². The molecule has 0 fully saturated rings. The van der Waals surface area contributed by atoms with Gasteiger partial charge in [0, 0.05) is 29.6 Å². The van der Waals surface area contributed by atoms with Crippen molar-refractivity contribution in [3.63, 3.8) is 0 Å². The summed E-state index contributed by atoms with van der Waals surface area (Å²) in [6, 6.07) is 5.93. The van der Waals surface area contributed by atoms with Crippen LogP contribution in [0.15, 0.2) is 18.2 Å². The summed E-state index contributed by atoms with van der Waals surface area (Å²) in [4.78, 5) is 11.4. The van der Waals surface area contributed by atoms with Gasteiger partial charge in [-0.3, -0.25) is 5.10 Å². The first-order valence-electron chi connectivity index (χ1n) is 7.25. The van der Waals surface area contributed by atoms with Crippen molar-refractivity contribution in [2.75, 3.05) is 6.54 Å². The van der Waals surface area contributed by atoms with Gasteiger partial charge < -0.3 is 10.1 Å². The van der Waals surface area contributed by atoms with Gasteiger partial charge in [0.1, 0.15) is 5.60 Å². The second kappa shape index (κ2) is 6.52. The van der Waals surface area contributed by atoms with Crippen molar-refractivity contribution in [1.82, 2.24) is 15.5 Å². The number of H-pyrrole nitrogens is 1. The van der Waals surface area contributed by atoms with Crippen LogP contribution in [0.2, 0.25) is 0 Å². The highest BCUT2D eigenvalue weighted by Gasteiger charge is 2.15. The molecule has 0 aliphatic heterocycles. The van der Waals surface area contributed by atoms with Crippen LogP contribution in [0.4, 0.5) is 4.79 Å². The van der Waals surface area contributed by atoms with Crippen molar-refractivity contribution in [3.8, 4) is 11.8 Å². The third-order valence-corrected chi connectivity index (χ3v) is 2.90. The van der Waals surface area contributed by atoms with E-state index in [0.717, 1.165) is 22.2 Å². The Bertz CT molecular complexity index is 730. The molecule has 2 aromatic rings. The van der Waals surface area contributed by atoms with E-state index in [2.05, 4.69) is 27.4 Å². The first-order chi connectivity index (χ1) is 10.3. The fourth-order valence-corrected chi connectivity index (χ4v) is 1.93. The number of alkyl carbamates (subject to hydrolysis) is 1. The summed E-state index contributed by atoms with van der Waals surface area (Å²) in [6.07, 6.45) is 0.152. The lowest BCUT2D eigenvalue weighted by molar-refractivity contribution is 0.0529. The molecule has 0 saturated carbocycles. The number of nitrogens with one attached hydrogen (secondary N) is 2. The summed E-state index contributed by atoms with van der Waals surface area (Å²) in [5.41, 5.74) is 2.40. The van der Waals surface area contributed by atoms with Crippen LogP contribution in [0, 0.1) is 18.8 Å². The monoisotopic (exact) mass is 299 g/mol. The Balaban J connectivity index is 1.84. The molecule has 5 heteroatoms. The predicted molar refractivity (Wildman–Crippen MR) is 86.6 cm³/mol. The number of aromatic amines is 1. The molecule has 22 heavy (non-hydrogen) atoms. The molecule has 0 saturated heterocycles. The molecule has 0 aliphatic rings. The molecule has 2 rings (SSSR count). The fraction of sp³-hybridized carbons (Fsp3) is 0.412. The first-order valence-corrected chi connectivity index (χ1v) is 7.25. The molecule has 0 bridgehead atoms. The van der Waals surface area contributed by atoms with Crippen LogP contribution in [-0.2, 0) is 4.74 Å². The van der Waals surface area contributed by atoms with Crippen LogP contribution in [0.1, 0.15) is 38.4 Å². The topological polar surface area (TPSA) is 67.0 Å². The summed E-state index contributed by atoms with van der Waals surface area (Å²) in [5, 5.41) is 11.0. The summed E-state index contributed by atoms with van der Waals surface area (Å²) in [7, 11) is 0. The molecule has 1 amide bonds. The number of carbonyl (C=O) groups excluding carboxylic acids is 1. The van der Waals surface area contributed by atoms with Gasteiger partial charge >= 0.3 is 6.09 Å². The molecule has 0 unspecified atom stereocenters. The van der Waals surface area contributed by atoms with Crippen LogP contribution in [0.5, 0.6) is 0 Å². The van der Waals surface area contributed by atoms with Gasteiger partial charge in [-0.1, -0.05) is 11.8 Å². The van der Waals surface area contributed by atoms with Crippen molar-refractivity contribution in [2.45, 2.75) is 39.7 Å². The lowest BCUT2D eigenvalue weighted by atomic mass is 10.1. The average molecular weight is 299 g/mol. The smallest absolute Gasteiger partial charge is 0.407 e. The molecule has 5 nitrogen and oxygen atoms in total. The number of aromatic nitrogens is 2. The third kappa shape index (κ3) is 4.52. The molecule has 0 spiro atoms. The van der Waals surface area contributed by atoms with Crippen LogP contribution in [-0.4, -0.2) is 28.4 Å². The number of rotatable bonds is 2. The molecule has 0 aliphatic carbocycles. The van der Waals surface area contributed by atoms with E-state index in [4.69, 9.17) is 4.74 Å². The number of aryl methyl sites for hydroxylation is 1. The van der Waals surface area contributed by atoms with Crippen molar-refractivity contribution in [2.24, 2.45) is 0 Å². The lowest BCUT2D eigenvalue weighted by Gasteiger charge is -2.19. The summed E-state index contributed by atoms with van der Waals surface area (Å²) < 4.78 is 5.14. The quantitative estimate of drug-likeness (QED) is 0.661. The number of amides is 1. The highest BCUT2D eigenvalue weighted by Crippen LogP contribution is 2.16. The van der Waals surface area contributed by atoms with Gasteiger partial charge in [0.15, 0.2) is 0 Å². The van der Waals surface area contributed by atoms with Gasteiger partial charge in [-0.15, -0.1) is 0 Å². The molecule has 116 valence electrons. The maximum atomic E-state index is 11.4. The summed E-state index contributed by atoms with van der Waals surface area (Å²) in [6.45, 7) is 7.95. The van der Waals surface area contributed by atoms with Gasteiger partial charge in [0.05, 0.1) is 5.52 Å². The number of benzene rings is 1. The molecule has 1 aromatic heterocycles. The maximum Gasteiger partial charge on any atom is 0.407 e. The Morgan fingerprint density at radius 1 is 1.41 bits per heavy atom. The Labute approximate surface area is 130 Å². The van der Waals surface area contributed by atoms with Crippen molar-refractivity contribution in [1.29, 1.82) is 0 Å². The van der Waals surface area contributed by atoms with E-state index < -0.39 is 11.7 Å². The van der Waals surface area contributed by atoms with Gasteiger partial charge in [-0.05, 0) is 45.9 Å². The minimum Gasteiger partial charge on any atom is -0.444 e. The van der Waals surface area contributed by atoms with E-state index in [1.165, 1.54) is 0 Å². The highest BCUT2D eigenvalue weighted by atomic mass is 16.6. The van der Waals surface area contributed by atoms with Crippen LogP contribution in [0.25, 0.3) is 10.9 Å². The highest BCUT2D eigenvalue weighted by molar-refractivity contribution is 5.82. The minimum atomic E-state index is -0.479. The number of nitrogens with zero attached hydrogens (tertiary/aromatic N) is 1. The fourth-order valence-electron chi connectivity index (χ4n) is 1.93. The summed E-state index contributed by atoms with van der Waals surface area (Å²) >= 11 is 0. The van der Waals surface area contributed by atoms with Crippen LogP contribution in [0.3, 0.4) is 0 Å². The largest absolute Gasteiger partial charge is 0.444 e. The predicted octanol–water partition coefficient (Wildman–Crippen LogP) is 3.14. The standard InChI is InChI=1S/C17H21N3O2/c1-12-14-9-8-13(11-15(14)20-19-12)7-5-6-10-18-16(21)22-17(2,3)4/h8-9,11H,6,10H2,1-4H3,(H,18,21)(H,19,20). The number of carbonyl (C=O) groups is 1.